The van der Waals surface area contributed by atoms with Crippen molar-refractivity contribution in [3.05, 3.63) is 35.4 Å². The number of ether oxygens (including phenoxy) is 1. The molecule has 1 aliphatic rings. The molecule has 2 rings (SSSR count). The molecule has 22 heavy (non-hydrogen) atoms. The Labute approximate surface area is 133 Å². The van der Waals surface area contributed by atoms with Gasteiger partial charge in [0.25, 0.3) is 0 Å². The lowest BCUT2D eigenvalue weighted by Crippen LogP contribution is -2.57. The topological polar surface area (TPSA) is 55.6 Å². The van der Waals surface area contributed by atoms with Crippen LogP contribution in [0.5, 0.6) is 0 Å². The van der Waals surface area contributed by atoms with E-state index >= 15 is 0 Å². The summed E-state index contributed by atoms with van der Waals surface area (Å²) in [5.41, 5.74) is 7.50. The second-order valence-corrected chi connectivity index (χ2v) is 7.19. The van der Waals surface area contributed by atoms with Crippen LogP contribution >= 0.6 is 0 Å². The second kappa shape index (κ2) is 6.29. The van der Waals surface area contributed by atoms with E-state index in [1.807, 2.05) is 31.7 Å². The van der Waals surface area contributed by atoms with Gasteiger partial charge in [-0.1, -0.05) is 29.8 Å². The molecule has 1 unspecified atom stereocenters. The normalized spacial score (nSPS) is 22.5. The van der Waals surface area contributed by atoms with Gasteiger partial charge >= 0.3 is 6.09 Å². The third kappa shape index (κ3) is 3.43. The molecule has 0 radical (unpaired) electrons. The summed E-state index contributed by atoms with van der Waals surface area (Å²) in [7, 11) is 0. The number of likely N-dealkylation sites (tertiary alicyclic amines) is 1. The van der Waals surface area contributed by atoms with Crippen LogP contribution in [0.3, 0.4) is 0 Å². The lowest BCUT2D eigenvalue weighted by molar-refractivity contribution is -0.0154. The van der Waals surface area contributed by atoms with Crippen LogP contribution in [0.2, 0.25) is 0 Å². The summed E-state index contributed by atoms with van der Waals surface area (Å²) >= 11 is 0. The Bertz CT molecular complexity index is 536. The highest BCUT2D eigenvalue weighted by Gasteiger charge is 2.43. The molecular formula is C18H28N2O2. The van der Waals surface area contributed by atoms with E-state index in [9.17, 15) is 4.79 Å². The predicted octanol–water partition coefficient (Wildman–Crippen LogP) is 3.57. The molecule has 1 aliphatic heterocycles. The molecule has 122 valence electrons. The summed E-state index contributed by atoms with van der Waals surface area (Å²) in [6, 6.07) is 8.30. The van der Waals surface area contributed by atoms with Crippen LogP contribution < -0.4 is 5.73 Å². The third-order valence-electron chi connectivity index (χ3n) is 4.25. The number of hydrogen-bond donors (Lipinski definition) is 1. The first-order valence-corrected chi connectivity index (χ1v) is 8.06. The van der Waals surface area contributed by atoms with E-state index in [2.05, 4.69) is 25.1 Å². The van der Waals surface area contributed by atoms with Gasteiger partial charge in [0.15, 0.2) is 0 Å². The quantitative estimate of drug-likeness (QED) is 0.908. The number of amides is 1. The van der Waals surface area contributed by atoms with Gasteiger partial charge in [-0.2, -0.15) is 0 Å². The fourth-order valence-corrected chi connectivity index (χ4v) is 3.18. The van der Waals surface area contributed by atoms with Crippen LogP contribution in [0, 0.1) is 6.92 Å². The number of piperidine rings is 1. The second-order valence-electron chi connectivity index (χ2n) is 7.19. The van der Waals surface area contributed by atoms with Crippen molar-refractivity contribution < 1.29 is 9.53 Å². The van der Waals surface area contributed by atoms with Crippen LogP contribution in [0.4, 0.5) is 4.79 Å². The minimum absolute atomic E-state index is 0.265. The Morgan fingerprint density at radius 1 is 1.36 bits per heavy atom. The van der Waals surface area contributed by atoms with Gasteiger partial charge in [-0.05, 0) is 52.5 Å². The molecule has 2 N–H and O–H groups in total. The van der Waals surface area contributed by atoms with E-state index in [0.717, 1.165) is 24.8 Å². The summed E-state index contributed by atoms with van der Waals surface area (Å²) in [6.07, 6.45) is 2.68. The molecule has 1 aromatic carbocycles. The minimum Gasteiger partial charge on any atom is -0.444 e. The lowest BCUT2D eigenvalue weighted by Gasteiger charge is -2.47. The molecule has 0 spiro atoms. The largest absolute Gasteiger partial charge is 0.444 e. The smallest absolute Gasteiger partial charge is 0.411 e. The summed E-state index contributed by atoms with van der Waals surface area (Å²) in [6.45, 7) is 8.85. The minimum atomic E-state index is -0.499. The van der Waals surface area contributed by atoms with Crippen molar-refractivity contribution in [3.8, 4) is 0 Å². The predicted molar refractivity (Wildman–Crippen MR) is 88.7 cm³/mol. The van der Waals surface area contributed by atoms with Crippen molar-refractivity contribution >= 4 is 6.09 Å². The van der Waals surface area contributed by atoms with Gasteiger partial charge in [0.1, 0.15) is 5.60 Å². The zero-order valence-corrected chi connectivity index (χ0v) is 14.2. The molecule has 4 heteroatoms. The first-order chi connectivity index (χ1) is 10.3. The Kier molecular flexibility index (Phi) is 4.81. The first-order valence-electron chi connectivity index (χ1n) is 8.06. The highest BCUT2D eigenvalue weighted by Crippen LogP contribution is 2.38. The lowest BCUT2D eigenvalue weighted by atomic mass is 9.80. The highest BCUT2D eigenvalue weighted by molar-refractivity contribution is 5.70. The number of carbonyl (C=O) groups is 1. The van der Waals surface area contributed by atoms with E-state index in [-0.39, 0.29) is 6.09 Å². The molecule has 1 saturated heterocycles. The van der Waals surface area contributed by atoms with Crippen LogP contribution in [-0.2, 0) is 10.3 Å². The van der Waals surface area contributed by atoms with Crippen molar-refractivity contribution in [1.82, 2.24) is 4.90 Å². The zero-order valence-electron chi connectivity index (χ0n) is 14.2. The molecule has 0 aliphatic carbocycles. The summed E-state index contributed by atoms with van der Waals surface area (Å²) in [5, 5.41) is 0. The summed E-state index contributed by atoms with van der Waals surface area (Å²) in [5.74, 6) is 0. The van der Waals surface area contributed by atoms with Gasteiger partial charge < -0.3 is 10.5 Å². The fraction of sp³-hybridized carbons (Fsp3) is 0.611. The Hall–Kier alpha value is -1.55. The molecule has 1 fully saturated rings. The molecule has 0 bridgehead atoms. The van der Waals surface area contributed by atoms with E-state index < -0.39 is 11.1 Å². The van der Waals surface area contributed by atoms with Crippen molar-refractivity contribution in [2.45, 2.75) is 58.1 Å². The van der Waals surface area contributed by atoms with Gasteiger partial charge in [0, 0.05) is 13.1 Å². The maximum atomic E-state index is 12.7. The van der Waals surface area contributed by atoms with Gasteiger partial charge in [0.05, 0.1) is 5.54 Å². The molecule has 1 amide bonds. The molecular weight excluding hydrogens is 276 g/mol. The summed E-state index contributed by atoms with van der Waals surface area (Å²) in [4.78, 5) is 14.5. The van der Waals surface area contributed by atoms with Crippen molar-refractivity contribution in [2.24, 2.45) is 5.73 Å². The van der Waals surface area contributed by atoms with Crippen molar-refractivity contribution in [3.63, 3.8) is 0 Å². The van der Waals surface area contributed by atoms with E-state index in [1.54, 1.807) is 0 Å². The van der Waals surface area contributed by atoms with Gasteiger partial charge in [-0.25, -0.2) is 4.79 Å². The SMILES string of the molecule is Cc1cccc(C2(CN)CCCCN2C(=O)OC(C)(C)C)c1. The van der Waals surface area contributed by atoms with Gasteiger partial charge in [-0.3, -0.25) is 4.90 Å². The van der Waals surface area contributed by atoms with Crippen LogP contribution in [-0.4, -0.2) is 29.7 Å². The van der Waals surface area contributed by atoms with E-state index in [4.69, 9.17) is 10.5 Å². The number of nitrogens with two attached hydrogens (primary N) is 1. The Balaban J connectivity index is 2.39. The third-order valence-corrected chi connectivity index (χ3v) is 4.25. The van der Waals surface area contributed by atoms with Crippen LogP contribution in [0.25, 0.3) is 0 Å². The molecule has 1 aromatic rings. The molecule has 1 atom stereocenters. The number of hydrogen-bond acceptors (Lipinski definition) is 3. The van der Waals surface area contributed by atoms with Gasteiger partial charge in [0.2, 0.25) is 0 Å². The summed E-state index contributed by atoms with van der Waals surface area (Å²) < 4.78 is 5.62. The Morgan fingerprint density at radius 2 is 2.09 bits per heavy atom. The molecule has 1 heterocycles. The van der Waals surface area contributed by atoms with Crippen LogP contribution in [0.15, 0.2) is 24.3 Å². The van der Waals surface area contributed by atoms with E-state index in [0.29, 0.717) is 13.1 Å². The maximum absolute atomic E-state index is 12.7. The number of rotatable bonds is 2. The number of benzene rings is 1. The maximum Gasteiger partial charge on any atom is 0.411 e. The molecule has 4 nitrogen and oxygen atoms in total. The molecule has 0 aromatic heterocycles. The Morgan fingerprint density at radius 3 is 2.68 bits per heavy atom. The van der Waals surface area contributed by atoms with Crippen molar-refractivity contribution in [1.29, 1.82) is 0 Å². The number of aryl methyl sites for hydroxylation is 1. The number of carbonyl (C=O) groups excluding carboxylic acids is 1. The van der Waals surface area contributed by atoms with Crippen molar-refractivity contribution in [2.75, 3.05) is 13.1 Å². The fourth-order valence-electron chi connectivity index (χ4n) is 3.18. The monoisotopic (exact) mass is 304 g/mol. The number of nitrogens with zero attached hydrogens (tertiary/aromatic N) is 1. The molecule has 0 saturated carbocycles. The van der Waals surface area contributed by atoms with Crippen LogP contribution in [0.1, 0.15) is 51.2 Å². The average Bonchev–Trinajstić information content (AvgIpc) is 2.45. The van der Waals surface area contributed by atoms with Gasteiger partial charge in [-0.15, -0.1) is 0 Å². The first kappa shape index (κ1) is 16.8. The highest BCUT2D eigenvalue weighted by atomic mass is 16.6. The van der Waals surface area contributed by atoms with E-state index in [1.165, 1.54) is 5.56 Å². The standard InChI is InChI=1S/C18H28N2O2/c1-14-8-7-9-15(12-14)18(13-19)10-5-6-11-20(18)16(21)22-17(2,3)4/h7-9,12H,5-6,10-11,13,19H2,1-4H3. The average molecular weight is 304 g/mol. The zero-order chi connectivity index (χ0) is 16.4.